The number of nitrogens with one attached hydrogen (secondary N) is 5. The third-order valence-corrected chi connectivity index (χ3v) is 5.59. The first-order valence-corrected chi connectivity index (χ1v) is 10.5. The van der Waals surface area contributed by atoms with Crippen molar-refractivity contribution in [2.45, 2.75) is 18.9 Å². The van der Waals surface area contributed by atoms with Crippen LogP contribution in [-0.4, -0.2) is 50.0 Å². The van der Waals surface area contributed by atoms with Crippen molar-refractivity contribution in [2.75, 3.05) is 17.2 Å². The number of hydrogen-bond acceptors (Lipinski definition) is 6. The normalized spacial score (nSPS) is 15.7. The highest BCUT2D eigenvalue weighted by Crippen LogP contribution is 2.29. The number of anilines is 2. The highest BCUT2D eigenvalue weighted by atomic mass is 35.5. The molecule has 2 aromatic carbocycles. The Hall–Kier alpha value is -3.76. The predicted molar refractivity (Wildman–Crippen MR) is 121 cm³/mol. The van der Waals surface area contributed by atoms with Gasteiger partial charge in [0.1, 0.15) is 5.69 Å². The molecule has 0 radical (unpaired) electrons. The van der Waals surface area contributed by atoms with Crippen LogP contribution in [0.25, 0.3) is 22.3 Å². The van der Waals surface area contributed by atoms with E-state index < -0.39 is 0 Å². The molecule has 1 fully saturated rings. The smallest absolute Gasteiger partial charge is 0.272 e. The summed E-state index contributed by atoms with van der Waals surface area (Å²) < 4.78 is 0. The molecule has 0 bridgehead atoms. The minimum absolute atomic E-state index is 0.0819. The van der Waals surface area contributed by atoms with E-state index in [1.165, 1.54) is 0 Å². The van der Waals surface area contributed by atoms with Gasteiger partial charge in [-0.15, -0.1) is 10.2 Å². The number of carbonyl (C=O) groups excluding carboxylic acids is 2. The number of benzene rings is 2. The molecule has 3 heterocycles. The highest BCUT2D eigenvalue weighted by molar-refractivity contribution is 6.31. The third-order valence-electron chi connectivity index (χ3n) is 5.35. The molecular formula is C21H19ClN8O2. The van der Waals surface area contributed by atoms with Crippen LogP contribution in [0.5, 0.6) is 0 Å². The van der Waals surface area contributed by atoms with Crippen LogP contribution in [0.15, 0.2) is 42.5 Å². The summed E-state index contributed by atoms with van der Waals surface area (Å²) >= 11 is 6.10. The molecule has 1 saturated heterocycles. The van der Waals surface area contributed by atoms with E-state index in [1.54, 1.807) is 30.3 Å². The van der Waals surface area contributed by atoms with Crippen molar-refractivity contribution in [3.8, 4) is 11.4 Å². The van der Waals surface area contributed by atoms with Gasteiger partial charge in [-0.1, -0.05) is 23.7 Å². The quantitative estimate of drug-likeness (QED) is 0.316. The van der Waals surface area contributed by atoms with Crippen LogP contribution in [0.1, 0.15) is 23.3 Å². The fourth-order valence-corrected chi connectivity index (χ4v) is 3.96. The maximum absolute atomic E-state index is 13.0. The van der Waals surface area contributed by atoms with Gasteiger partial charge in [-0.05, 0) is 54.9 Å². The van der Waals surface area contributed by atoms with Gasteiger partial charge in [-0.25, -0.2) is 0 Å². The Kier molecular flexibility index (Phi) is 5.29. The van der Waals surface area contributed by atoms with E-state index in [9.17, 15) is 9.59 Å². The zero-order valence-corrected chi connectivity index (χ0v) is 17.5. The topological polar surface area (TPSA) is 140 Å². The Morgan fingerprint density at radius 3 is 2.78 bits per heavy atom. The SMILES string of the molecule is O=C(Nc1ccc(Cl)cc1-c1nn[nH]n1)c1cc2cccc(NC(=O)C3CCCN3)c2[nH]1. The molecule has 0 spiro atoms. The molecule has 2 amide bonds. The minimum Gasteiger partial charge on any atom is -0.349 e. The zero-order chi connectivity index (χ0) is 22.1. The maximum Gasteiger partial charge on any atom is 0.272 e. The number of tetrazole rings is 1. The Labute approximate surface area is 187 Å². The molecule has 2 aromatic heterocycles. The van der Waals surface area contributed by atoms with E-state index in [2.05, 4.69) is 41.6 Å². The number of para-hydroxylation sites is 1. The van der Waals surface area contributed by atoms with Gasteiger partial charge < -0.3 is 20.9 Å². The number of carbonyl (C=O) groups is 2. The lowest BCUT2D eigenvalue weighted by atomic mass is 10.1. The molecule has 32 heavy (non-hydrogen) atoms. The third kappa shape index (κ3) is 3.93. The molecule has 0 saturated carbocycles. The summed E-state index contributed by atoms with van der Waals surface area (Å²) in [4.78, 5) is 28.6. The maximum atomic E-state index is 13.0. The first-order chi connectivity index (χ1) is 15.6. The number of rotatable bonds is 5. The van der Waals surface area contributed by atoms with Crippen LogP contribution in [0.4, 0.5) is 11.4 Å². The number of nitrogens with zero attached hydrogens (tertiary/aromatic N) is 3. The average molecular weight is 451 g/mol. The number of halogens is 1. The van der Waals surface area contributed by atoms with Crippen LogP contribution >= 0.6 is 11.6 Å². The van der Waals surface area contributed by atoms with E-state index in [4.69, 9.17) is 11.6 Å². The van der Waals surface area contributed by atoms with Gasteiger partial charge in [-0.2, -0.15) is 5.21 Å². The molecule has 162 valence electrons. The average Bonchev–Trinajstić information content (AvgIpc) is 3.56. The standard InChI is InChI=1S/C21H19ClN8O2/c22-12-6-7-14(13(10-12)19-27-29-30-28-19)25-21(32)17-9-11-3-1-4-15(18(11)24-17)26-20(31)16-5-2-8-23-16/h1,3-4,6-7,9-10,16,23-24H,2,5,8H2,(H,25,32)(H,26,31)(H,27,28,29,30). The summed E-state index contributed by atoms with van der Waals surface area (Å²) in [7, 11) is 0. The van der Waals surface area contributed by atoms with Crippen molar-refractivity contribution in [1.29, 1.82) is 0 Å². The van der Waals surface area contributed by atoms with Crippen molar-refractivity contribution >= 4 is 45.7 Å². The first kappa shape index (κ1) is 20.2. The van der Waals surface area contributed by atoms with Crippen molar-refractivity contribution in [1.82, 2.24) is 30.9 Å². The van der Waals surface area contributed by atoms with Crippen molar-refractivity contribution in [2.24, 2.45) is 0 Å². The molecule has 0 aliphatic carbocycles. The van der Waals surface area contributed by atoms with Gasteiger partial charge in [0.25, 0.3) is 5.91 Å². The summed E-state index contributed by atoms with van der Waals surface area (Å²) in [6.45, 7) is 0.839. The predicted octanol–water partition coefficient (Wildman–Crippen LogP) is 2.94. The molecule has 1 aliphatic rings. The Bertz CT molecular complexity index is 1290. The molecule has 5 N–H and O–H groups in total. The Morgan fingerprint density at radius 2 is 2.00 bits per heavy atom. The van der Waals surface area contributed by atoms with E-state index in [0.29, 0.717) is 39.0 Å². The fourth-order valence-electron chi connectivity index (χ4n) is 3.79. The van der Waals surface area contributed by atoms with Gasteiger partial charge >= 0.3 is 0 Å². The van der Waals surface area contributed by atoms with Crippen molar-refractivity contribution < 1.29 is 9.59 Å². The highest BCUT2D eigenvalue weighted by Gasteiger charge is 2.23. The molecule has 1 aliphatic heterocycles. The van der Waals surface area contributed by atoms with E-state index in [0.717, 1.165) is 24.8 Å². The lowest BCUT2D eigenvalue weighted by Crippen LogP contribution is -2.35. The zero-order valence-electron chi connectivity index (χ0n) is 16.8. The molecule has 10 nitrogen and oxygen atoms in total. The molecule has 5 rings (SSSR count). The number of amides is 2. The second-order valence-electron chi connectivity index (χ2n) is 7.47. The Balaban J connectivity index is 1.41. The second-order valence-corrected chi connectivity index (χ2v) is 7.91. The number of fused-ring (bicyclic) bond motifs is 1. The number of aromatic nitrogens is 5. The summed E-state index contributed by atoms with van der Waals surface area (Å²) in [5.74, 6) is -0.130. The van der Waals surface area contributed by atoms with Gasteiger partial charge in [0, 0.05) is 16.0 Å². The fraction of sp³-hybridized carbons (Fsp3) is 0.190. The number of H-pyrrole nitrogens is 2. The van der Waals surface area contributed by atoms with Crippen LogP contribution in [0, 0.1) is 0 Å². The van der Waals surface area contributed by atoms with E-state index >= 15 is 0 Å². The Morgan fingerprint density at radius 1 is 1.09 bits per heavy atom. The van der Waals surface area contributed by atoms with Gasteiger partial charge in [-0.3, -0.25) is 9.59 Å². The molecule has 11 heteroatoms. The lowest BCUT2D eigenvalue weighted by Gasteiger charge is -2.11. The molecule has 1 atom stereocenters. The first-order valence-electron chi connectivity index (χ1n) is 10.1. The summed E-state index contributed by atoms with van der Waals surface area (Å²) in [5.41, 5.74) is 2.67. The van der Waals surface area contributed by atoms with Crippen LogP contribution in [0.3, 0.4) is 0 Å². The minimum atomic E-state index is -0.358. The number of hydrogen-bond donors (Lipinski definition) is 5. The monoisotopic (exact) mass is 450 g/mol. The van der Waals surface area contributed by atoms with E-state index in [-0.39, 0.29) is 17.9 Å². The van der Waals surface area contributed by atoms with Gasteiger partial charge in [0.05, 0.1) is 22.9 Å². The van der Waals surface area contributed by atoms with Crippen molar-refractivity contribution in [3.63, 3.8) is 0 Å². The molecule has 4 aromatic rings. The summed E-state index contributed by atoms with van der Waals surface area (Å²) in [5, 5.41) is 24.2. The summed E-state index contributed by atoms with van der Waals surface area (Å²) in [6, 6.07) is 12.0. The lowest BCUT2D eigenvalue weighted by molar-refractivity contribution is -0.117. The molecule has 1 unspecified atom stereocenters. The van der Waals surface area contributed by atoms with Crippen LogP contribution in [-0.2, 0) is 4.79 Å². The second kappa shape index (κ2) is 8.40. The van der Waals surface area contributed by atoms with E-state index in [1.807, 2.05) is 12.1 Å². The van der Waals surface area contributed by atoms with Crippen LogP contribution < -0.4 is 16.0 Å². The summed E-state index contributed by atoms with van der Waals surface area (Å²) in [6.07, 6.45) is 1.79. The van der Waals surface area contributed by atoms with Crippen LogP contribution in [0.2, 0.25) is 5.02 Å². The number of aromatic amines is 2. The van der Waals surface area contributed by atoms with Gasteiger partial charge in [0.15, 0.2) is 0 Å². The van der Waals surface area contributed by atoms with Gasteiger partial charge in [0.2, 0.25) is 11.7 Å². The largest absolute Gasteiger partial charge is 0.349 e. The molecular weight excluding hydrogens is 432 g/mol. The van der Waals surface area contributed by atoms with Crippen molar-refractivity contribution in [3.05, 3.63) is 53.2 Å².